The summed E-state index contributed by atoms with van der Waals surface area (Å²) in [6.07, 6.45) is 0. The summed E-state index contributed by atoms with van der Waals surface area (Å²) in [5.41, 5.74) is 3.86. The summed E-state index contributed by atoms with van der Waals surface area (Å²) in [6.45, 7) is 13.7. The molecule has 0 saturated carbocycles. The van der Waals surface area contributed by atoms with Crippen molar-refractivity contribution in [3.63, 3.8) is 0 Å². The quantitative estimate of drug-likeness (QED) is 0.844. The van der Waals surface area contributed by atoms with Gasteiger partial charge in [-0.25, -0.2) is 8.42 Å². The molecule has 0 spiro atoms. The van der Waals surface area contributed by atoms with E-state index in [1.165, 1.54) is 0 Å². The molecule has 1 heterocycles. The maximum Gasteiger partial charge on any atom is 0.243 e. The third-order valence-corrected chi connectivity index (χ3v) is 6.85. The van der Waals surface area contributed by atoms with E-state index in [1.807, 2.05) is 27.7 Å². The minimum Gasteiger partial charge on any atom is -0.301 e. The van der Waals surface area contributed by atoms with E-state index in [-0.39, 0.29) is 12.4 Å². The fraction of sp³-hybridized carbons (Fsp3) is 0.625. The zero-order valence-electron chi connectivity index (χ0n) is 14.1. The maximum absolute atomic E-state index is 13.0. The highest BCUT2D eigenvalue weighted by atomic mass is 35.5. The molecule has 126 valence electrons. The first-order chi connectivity index (χ1) is 9.78. The molecule has 0 aliphatic carbocycles. The third kappa shape index (κ3) is 3.48. The molecule has 1 fully saturated rings. The van der Waals surface area contributed by atoms with Crippen LogP contribution in [0.15, 0.2) is 11.0 Å². The van der Waals surface area contributed by atoms with Crippen LogP contribution in [0.4, 0.5) is 0 Å². The molecule has 0 bridgehead atoms. The van der Waals surface area contributed by atoms with Gasteiger partial charge in [0.05, 0.1) is 4.90 Å². The van der Waals surface area contributed by atoms with Crippen LogP contribution >= 0.6 is 12.4 Å². The van der Waals surface area contributed by atoms with Crippen LogP contribution in [0.25, 0.3) is 0 Å². The van der Waals surface area contributed by atoms with Crippen LogP contribution in [-0.2, 0) is 10.0 Å². The third-order valence-electron chi connectivity index (χ3n) is 4.67. The number of aryl methyl sites for hydroxylation is 2. The molecule has 1 aliphatic rings. The Morgan fingerprint density at radius 2 is 1.41 bits per heavy atom. The van der Waals surface area contributed by atoms with Gasteiger partial charge in [-0.05, 0) is 56.5 Å². The summed E-state index contributed by atoms with van der Waals surface area (Å²) in [5.74, 6) is 0. The average Bonchev–Trinajstić information content (AvgIpc) is 2.45. The first-order valence-corrected chi connectivity index (χ1v) is 9.03. The van der Waals surface area contributed by atoms with Crippen LogP contribution in [0, 0.1) is 27.7 Å². The fourth-order valence-corrected chi connectivity index (χ4v) is 4.98. The Hall–Kier alpha value is -0.620. The minimum atomic E-state index is -3.39. The lowest BCUT2D eigenvalue weighted by atomic mass is 10.0. The molecule has 22 heavy (non-hydrogen) atoms. The second kappa shape index (κ2) is 7.30. The molecular formula is C16H27ClN2O2S. The molecule has 0 unspecified atom stereocenters. The number of likely N-dealkylation sites (N-methyl/N-ethyl adjacent to an activating group) is 1. The number of rotatable bonds is 3. The standard InChI is InChI=1S/C16H26N2O2S.ClH/c1-6-17-7-9-18(10-8-17)21(19,20)16-14(4)12(2)11-13(3)15(16)5;/h11H,6-10H2,1-5H3;1H. The van der Waals surface area contributed by atoms with E-state index in [0.717, 1.165) is 41.9 Å². The van der Waals surface area contributed by atoms with E-state index in [2.05, 4.69) is 17.9 Å². The molecule has 2 rings (SSSR count). The van der Waals surface area contributed by atoms with Gasteiger partial charge in [-0.2, -0.15) is 4.31 Å². The Bertz CT molecular complexity index is 610. The molecule has 0 amide bonds. The molecule has 1 aromatic carbocycles. The lowest BCUT2D eigenvalue weighted by molar-refractivity contribution is 0.196. The zero-order valence-corrected chi connectivity index (χ0v) is 15.8. The van der Waals surface area contributed by atoms with Crippen molar-refractivity contribution < 1.29 is 8.42 Å². The predicted molar refractivity (Wildman–Crippen MR) is 93.5 cm³/mol. The summed E-state index contributed by atoms with van der Waals surface area (Å²) in [4.78, 5) is 2.80. The molecule has 0 atom stereocenters. The Balaban J connectivity index is 0.00000242. The van der Waals surface area contributed by atoms with Gasteiger partial charge in [-0.3, -0.25) is 0 Å². The van der Waals surface area contributed by atoms with Crippen molar-refractivity contribution in [2.45, 2.75) is 39.5 Å². The first kappa shape index (κ1) is 19.4. The molecule has 0 radical (unpaired) electrons. The summed E-state index contributed by atoms with van der Waals surface area (Å²) >= 11 is 0. The van der Waals surface area contributed by atoms with Crippen molar-refractivity contribution >= 4 is 22.4 Å². The molecule has 6 heteroatoms. The van der Waals surface area contributed by atoms with Crippen molar-refractivity contribution in [3.8, 4) is 0 Å². The Morgan fingerprint density at radius 1 is 0.955 bits per heavy atom. The largest absolute Gasteiger partial charge is 0.301 e. The van der Waals surface area contributed by atoms with Crippen LogP contribution in [-0.4, -0.2) is 50.3 Å². The van der Waals surface area contributed by atoms with Crippen LogP contribution < -0.4 is 0 Å². The molecule has 0 N–H and O–H groups in total. The number of hydrogen-bond acceptors (Lipinski definition) is 3. The van der Waals surface area contributed by atoms with E-state index in [4.69, 9.17) is 0 Å². The van der Waals surface area contributed by atoms with E-state index < -0.39 is 10.0 Å². The van der Waals surface area contributed by atoms with E-state index >= 15 is 0 Å². The summed E-state index contributed by atoms with van der Waals surface area (Å²) in [5, 5.41) is 0. The average molecular weight is 347 g/mol. The maximum atomic E-state index is 13.0. The summed E-state index contributed by atoms with van der Waals surface area (Å²) in [7, 11) is -3.39. The topological polar surface area (TPSA) is 40.6 Å². The number of sulfonamides is 1. The van der Waals surface area contributed by atoms with Crippen LogP contribution in [0.1, 0.15) is 29.2 Å². The zero-order chi connectivity index (χ0) is 15.8. The number of hydrogen-bond donors (Lipinski definition) is 0. The van der Waals surface area contributed by atoms with Crippen molar-refractivity contribution in [1.82, 2.24) is 9.21 Å². The van der Waals surface area contributed by atoms with Gasteiger partial charge in [0, 0.05) is 26.2 Å². The van der Waals surface area contributed by atoms with Gasteiger partial charge in [0.1, 0.15) is 0 Å². The molecule has 0 aromatic heterocycles. The second-order valence-electron chi connectivity index (χ2n) is 5.93. The number of halogens is 1. The second-order valence-corrected chi connectivity index (χ2v) is 7.80. The monoisotopic (exact) mass is 346 g/mol. The first-order valence-electron chi connectivity index (χ1n) is 7.59. The van der Waals surface area contributed by atoms with Gasteiger partial charge in [-0.15, -0.1) is 12.4 Å². The Morgan fingerprint density at radius 3 is 1.82 bits per heavy atom. The molecule has 4 nitrogen and oxygen atoms in total. The SMILES string of the molecule is CCN1CCN(S(=O)(=O)c2c(C)c(C)cc(C)c2C)CC1.Cl. The van der Waals surface area contributed by atoms with Crippen molar-refractivity contribution in [1.29, 1.82) is 0 Å². The number of piperazine rings is 1. The van der Waals surface area contributed by atoms with Gasteiger partial charge in [0.15, 0.2) is 0 Å². The Kier molecular flexibility index (Phi) is 6.45. The van der Waals surface area contributed by atoms with Crippen molar-refractivity contribution in [2.24, 2.45) is 0 Å². The number of benzene rings is 1. The van der Waals surface area contributed by atoms with Gasteiger partial charge in [0.25, 0.3) is 0 Å². The highest BCUT2D eigenvalue weighted by molar-refractivity contribution is 7.89. The normalized spacial score (nSPS) is 17.3. The van der Waals surface area contributed by atoms with Crippen LogP contribution in [0.5, 0.6) is 0 Å². The predicted octanol–water partition coefficient (Wildman–Crippen LogP) is 2.67. The van der Waals surface area contributed by atoms with Gasteiger partial charge < -0.3 is 4.90 Å². The van der Waals surface area contributed by atoms with Crippen molar-refractivity contribution in [2.75, 3.05) is 32.7 Å². The van der Waals surface area contributed by atoms with E-state index in [9.17, 15) is 8.42 Å². The van der Waals surface area contributed by atoms with Crippen LogP contribution in [0.3, 0.4) is 0 Å². The van der Waals surface area contributed by atoms with Gasteiger partial charge in [-0.1, -0.05) is 13.0 Å². The molecular weight excluding hydrogens is 320 g/mol. The Labute approximate surface area is 141 Å². The lowest BCUT2D eigenvalue weighted by Gasteiger charge is -2.34. The highest BCUT2D eigenvalue weighted by Gasteiger charge is 2.31. The number of nitrogens with zero attached hydrogens (tertiary/aromatic N) is 2. The smallest absolute Gasteiger partial charge is 0.243 e. The minimum absolute atomic E-state index is 0. The van der Waals surface area contributed by atoms with Crippen LogP contribution in [0.2, 0.25) is 0 Å². The lowest BCUT2D eigenvalue weighted by Crippen LogP contribution is -2.48. The molecule has 1 aliphatic heterocycles. The van der Waals surface area contributed by atoms with E-state index in [1.54, 1.807) is 4.31 Å². The van der Waals surface area contributed by atoms with Gasteiger partial charge >= 0.3 is 0 Å². The van der Waals surface area contributed by atoms with Gasteiger partial charge in [0.2, 0.25) is 10.0 Å². The summed E-state index contributed by atoms with van der Waals surface area (Å²) in [6, 6.07) is 2.07. The van der Waals surface area contributed by atoms with Crippen molar-refractivity contribution in [3.05, 3.63) is 28.3 Å². The fourth-order valence-electron chi connectivity index (χ4n) is 2.98. The highest BCUT2D eigenvalue weighted by Crippen LogP contribution is 2.29. The molecule has 1 aromatic rings. The van der Waals surface area contributed by atoms with E-state index in [0.29, 0.717) is 18.0 Å². The molecule has 1 saturated heterocycles. The summed E-state index contributed by atoms with van der Waals surface area (Å²) < 4.78 is 27.7.